The molecule has 1 fully saturated rings. The van der Waals surface area contributed by atoms with Crippen LogP contribution in [0.2, 0.25) is 10.0 Å². The van der Waals surface area contributed by atoms with Gasteiger partial charge in [0.25, 0.3) is 0 Å². The topological polar surface area (TPSA) is 82.5 Å². The standard InChI is InChI=1S/C21H23Cl2N3O3/c1-12-11-24-18(10-16(12)15-4-3-5-17(22)19(15)23)26-8-6-14(7-9-26)20(27)25-13(2)21(28)29/h3-5,10-11,13-14H,6-9H2,1-2H3,(H,25,27)(H,28,29). The van der Waals surface area contributed by atoms with Gasteiger partial charge in [-0.15, -0.1) is 0 Å². The number of carbonyl (C=O) groups is 2. The maximum absolute atomic E-state index is 12.3. The number of piperidine rings is 1. The number of hydrogen-bond donors (Lipinski definition) is 2. The molecule has 6 nitrogen and oxygen atoms in total. The van der Waals surface area contributed by atoms with Crippen LogP contribution in [-0.4, -0.2) is 41.1 Å². The van der Waals surface area contributed by atoms with Crippen LogP contribution in [0.3, 0.4) is 0 Å². The summed E-state index contributed by atoms with van der Waals surface area (Å²) in [6.45, 7) is 4.77. The Morgan fingerprint density at radius 3 is 2.59 bits per heavy atom. The first-order valence-electron chi connectivity index (χ1n) is 9.47. The molecule has 1 unspecified atom stereocenters. The van der Waals surface area contributed by atoms with Gasteiger partial charge in [0.05, 0.1) is 10.0 Å². The average Bonchev–Trinajstić information content (AvgIpc) is 2.70. The van der Waals surface area contributed by atoms with Gasteiger partial charge < -0.3 is 15.3 Å². The van der Waals surface area contributed by atoms with Gasteiger partial charge in [-0.05, 0) is 49.9 Å². The highest BCUT2D eigenvalue weighted by Crippen LogP contribution is 2.36. The average molecular weight is 436 g/mol. The van der Waals surface area contributed by atoms with Crippen molar-refractivity contribution < 1.29 is 14.7 Å². The number of aliphatic carboxylic acids is 1. The van der Waals surface area contributed by atoms with Gasteiger partial charge in [0, 0.05) is 30.8 Å². The largest absolute Gasteiger partial charge is 0.480 e. The van der Waals surface area contributed by atoms with Gasteiger partial charge in [0.1, 0.15) is 11.9 Å². The van der Waals surface area contributed by atoms with Crippen molar-refractivity contribution in [3.8, 4) is 11.1 Å². The van der Waals surface area contributed by atoms with Crippen molar-refractivity contribution in [2.45, 2.75) is 32.7 Å². The second-order valence-electron chi connectivity index (χ2n) is 7.29. The highest BCUT2D eigenvalue weighted by atomic mass is 35.5. The first-order valence-corrected chi connectivity index (χ1v) is 10.2. The number of amides is 1. The summed E-state index contributed by atoms with van der Waals surface area (Å²) in [7, 11) is 0. The van der Waals surface area contributed by atoms with Gasteiger partial charge in [0.2, 0.25) is 5.91 Å². The fourth-order valence-corrected chi connectivity index (χ4v) is 3.85. The van der Waals surface area contributed by atoms with E-state index in [2.05, 4.69) is 15.2 Å². The Hall–Kier alpha value is -2.31. The number of aryl methyl sites for hydroxylation is 1. The Bertz CT molecular complexity index is 927. The van der Waals surface area contributed by atoms with E-state index in [1.807, 2.05) is 31.3 Å². The van der Waals surface area contributed by atoms with E-state index >= 15 is 0 Å². The van der Waals surface area contributed by atoms with Crippen molar-refractivity contribution in [1.29, 1.82) is 0 Å². The lowest BCUT2D eigenvalue weighted by Gasteiger charge is -2.32. The smallest absolute Gasteiger partial charge is 0.325 e. The fourth-order valence-electron chi connectivity index (χ4n) is 3.45. The number of carboxylic acid groups (broad SMARTS) is 1. The Kier molecular flexibility index (Phi) is 6.65. The summed E-state index contributed by atoms with van der Waals surface area (Å²) < 4.78 is 0. The van der Waals surface area contributed by atoms with E-state index in [0.717, 1.165) is 22.5 Å². The highest BCUT2D eigenvalue weighted by molar-refractivity contribution is 6.43. The number of aromatic nitrogens is 1. The van der Waals surface area contributed by atoms with E-state index in [9.17, 15) is 9.59 Å². The molecule has 1 amide bonds. The van der Waals surface area contributed by atoms with Gasteiger partial charge in [-0.3, -0.25) is 9.59 Å². The molecule has 2 heterocycles. The molecule has 1 aliphatic heterocycles. The minimum atomic E-state index is -1.04. The van der Waals surface area contributed by atoms with Crippen LogP contribution in [-0.2, 0) is 9.59 Å². The van der Waals surface area contributed by atoms with Crippen molar-refractivity contribution in [1.82, 2.24) is 10.3 Å². The number of halogens is 2. The maximum Gasteiger partial charge on any atom is 0.325 e. The number of anilines is 1. The molecule has 3 rings (SSSR count). The first-order chi connectivity index (χ1) is 13.8. The molecule has 1 aliphatic rings. The third-order valence-electron chi connectivity index (χ3n) is 5.25. The zero-order valence-corrected chi connectivity index (χ0v) is 17.8. The second kappa shape index (κ2) is 9.01. The van der Waals surface area contributed by atoms with E-state index in [4.69, 9.17) is 28.3 Å². The summed E-state index contributed by atoms with van der Waals surface area (Å²) in [4.78, 5) is 29.9. The number of carbonyl (C=O) groups excluding carboxylic acids is 1. The van der Waals surface area contributed by atoms with Crippen LogP contribution < -0.4 is 10.2 Å². The van der Waals surface area contributed by atoms with E-state index in [0.29, 0.717) is 36.0 Å². The monoisotopic (exact) mass is 435 g/mol. The molecule has 29 heavy (non-hydrogen) atoms. The predicted molar refractivity (Wildman–Crippen MR) is 115 cm³/mol. The molecular formula is C21H23Cl2N3O3. The number of hydrogen-bond acceptors (Lipinski definition) is 4. The lowest BCUT2D eigenvalue weighted by Crippen LogP contribution is -2.45. The van der Waals surface area contributed by atoms with Crippen LogP contribution in [0.5, 0.6) is 0 Å². The SMILES string of the molecule is Cc1cnc(N2CCC(C(=O)NC(C)C(=O)O)CC2)cc1-c1cccc(Cl)c1Cl. The third kappa shape index (κ3) is 4.82. The first kappa shape index (κ1) is 21.4. The van der Waals surface area contributed by atoms with Gasteiger partial charge in [-0.1, -0.05) is 35.3 Å². The minimum Gasteiger partial charge on any atom is -0.480 e. The number of nitrogens with one attached hydrogen (secondary N) is 1. The summed E-state index contributed by atoms with van der Waals surface area (Å²) >= 11 is 12.6. The predicted octanol–water partition coefficient (Wildman–Crippen LogP) is 4.17. The molecule has 0 aliphatic carbocycles. The summed E-state index contributed by atoms with van der Waals surface area (Å²) in [5.41, 5.74) is 2.82. The Morgan fingerprint density at radius 1 is 1.24 bits per heavy atom. The number of rotatable bonds is 5. The summed E-state index contributed by atoms with van der Waals surface area (Å²) in [5, 5.41) is 12.5. The Morgan fingerprint density at radius 2 is 1.93 bits per heavy atom. The molecule has 1 aromatic heterocycles. The van der Waals surface area contributed by atoms with Crippen molar-refractivity contribution in [3.63, 3.8) is 0 Å². The second-order valence-corrected chi connectivity index (χ2v) is 8.07. The van der Waals surface area contributed by atoms with Crippen molar-refractivity contribution in [2.75, 3.05) is 18.0 Å². The molecule has 1 atom stereocenters. The zero-order valence-electron chi connectivity index (χ0n) is 16.3. The zero-order chi connectivity index (χ0) is 21.1. The van der Waals surface area contributed by atoms with E-state index in [1.165, 1.54) is 6.92 Å². The van der Waals surface area contributed by atoms with Crippen LogP contribution in [0.15, 0.2) is 30.5 Å². The number of carboxylic acids is 1. The lowest BCUT2D eigenvalue weighted by molar-refractivity contribution is -0.142. The normalized spacial score (nSPS) is 15.8. The number of pyridine rings is 1. The van der Waals surface area contributed by atoms with Crippen molar-refractivity contribution >= 4 is 40.9 Å². The number of benzene rings is 1. The van der Waals surface area contributed by atoms with Gasteiger partial charge in [0.15, 0.2) is 0 Å². The minimum absolute atomic E-state index is 0.194. The fraction of sp³-hybridized carbons (Fsp3) is 0.381. The molecule has 2 aromatic rings. The third-order valence-corrected chi connectivity index (χ3v) is 6.07. The molecule has 0 spiro atoms. The molecule has 154 valence electrons. The van der Waals surface area contributed by atoms with E-state index < -0.39 is 12.0 Å². The summed E-state index contributed by atoms with van der Waals surface area (Å²) in [6.07, 6.45) is 3.09. The highest BCUT2D eigenvalue weighted by Gasteiger charge is 2.27. The quantitative estimate of drug-likeness (QED) is 0.735. The molecular weight excluding hydrogens is 413 g/mol. The van der Waals surface area contributed by atoms with Crippen molar-refractivity contribution in [2.24, 2.45) is 5.92 Å². The van der Waals surface area contributed by atoms with E-state index in [-0.39, 0.29) is 11.8 Å². The molecule has 0 saturated carbocycles. The van der Waals surface area contributed by atoms with Gasteiger partial charge in [-0.25, -0.2) is 4.98 Å². The van der Waals surface area contributed by atoms with Crippen LogP contribution >= 0.6 is 23.2 Å². The molecule has 0 bridgehead atoms. The summed E-state index contributed by atoms with van der Waals surface area (Å²) in [6, 6.07) is 6.67. The maximum atomic E-state index is 12.3. The lowest BCUT2D eigenvalue weighted by atomic mass is 9.95. The van der Waals surface area contributed by atoms with E-state index in [1.54, 1.807) is 6.07 Å². The number of nitrogens with zero attached hydrogens (tertiary/aromatic N) is 2. The Labute approximate surface area is 179 Å². The van der Waals surface area contributed by atoms with Gasteiger partial charge >= 0.3 is 5.97 Å². The molecule has 8 heteroatoms. The van der Waals surface area contributed by atoms with Crippen LogP contribution in [0.25, 0.3) is 11.1 Å². The molecule has 2 N–H and O–H groups in total. The van der Waals surface area contributed by atoms with Gasteiger partial charge in [-0.2, -0.15) is 0 Å². The van der Waals surface area contributed by atoms with Crippen molar-refractivity contribution in [3.05, 3.63) is 46.1 Å². The molecule has 1 saturated heterocycles. The summed E-state index contributed by atoms with van der Waals surface area (Å²) in [5.74, 6) is -0.616. The molecule has 1 aromatic carbocycles. The van der Waals surface area contributed by atoms with Crippen LogP contribution in [0, 0.1) is 12.8 Å². The van der Waals surface area contributed by atoms with Crippen LogP contribution in [0.4, 0.5) is 5.82 Å². The Balaban J connectivity index is 1.73. The van der Waals surface area contributed by atoms with Crippen LogP contribution in [0.1, 0.15) is 25.3 Å². The molecule has 0 radical (unpaired) electrons.